The molecule has 0 unspecified atom stereocenters. The van der Waals surface area contributed by atoms with Gasteiger partial charge in [0.15, 0.2) is 11.5 Å². The van der Waals surface area contributed by atoms with Crippen LogP contribution in [0.25, 0.3) is 0 Å². The molecule has 1 atom stereocenters. The molecule has 130 valence electrons. The second-order valence-electron chi connectivity index (χ2n) is 5.28. The summed E-state index contributed by atoms with van der Waals surface area (Å²) >= 11 is 12.0. The van der Waals surface area contributed by atoms with Gasteiger partial charge in [-0.05, 0) is 29.8 Å². The predicted molar refractivity (Wildman–Crippen MR) is 92.8 cm³/mol. The van der Waals surface area contributed by atoms with E-state index in [4.69, 9.17) is 32.7 Å². The fourth-order valence-corrected chi connectivity index (χ4v) is 2.80. The highest BCUT2D eigenvalue weighted by Crippen LogP contribution is 2.30. The molecule has 25 heavy (non-hydrogen) atoms. The van der Waals surface area contributed by atoms with Gasteiger partial charge in [-0.15, -0.1) is 0 Å². The number of fused-ring (bicyclic) bond motifs is 1. The molecule has 0 aliphatic carbocycles. The van der Waals surface area contributed by atoms with Crippen molar-refractivity contribution in [2.75, 3.05) is 6.61 Å². The zero-order valence-corrected chi connectivity index (χ0v) is 14.4. The standard InChI is InChI=1S/C17H14Cl2N2O4/c18-11-4-3-5-12(19)10(11)8-16(22)20-21-17(23)15-9-24-13-6-1-2-7-14(13)25-15/h1-7,15H,8-9H2,(H,20,22)(H,21,23)/t15-/m0/s1. The molecule has 2 amide bonds. The van der Waals surface area contributed by atoms with Gasteiger partial charge in [0.1, 0.15) is 6.61 Å². The maximum absolute atomic E-state index is 12.1. The normalized spacial score (nSPS) is 15.4. The van der Waals surface area contributed by atoms with Crippen LogP contribution in [0.1, 0.15) is 5.56 Å². The maximum atomic E-state index is 12.1. The Bertz CT molecular complexity index is 793. The van der Waals surface area contributed by atoms with E-state index in [1.165, 1.54) is 0 Å². The van der Waals surface area contributed by atoms with E-state index in [9.17, 15) is 9.59 Å². The number of hydrogen-bond acceptors (Lipinski definition) is 4. The van der Waals surface area contributed by atoms with Gasteiger partial charge in [0.2, 0.25) is 12.0 Å². The van der Waals surface area contributed by atoms with Crippen LogP contribution in [0.4, 0.5) is 0 Å². The first-order valence-electron chi connectivity index (χ1n) is 7.44. The number of carbonyl (C=O) groups is 2. The molecule has 1 aliphatic rings. The van der Waals surface area contributed by atoms with Gasteiger partial charge in [-0.2, -0.15) is 0 Å². The zero-order chi connectivity index (χ0) is 17.8. The van der Waals surface area contributed by atoms with E-state index in [1.54, 1.807) is 36.4 Å². The van der Waals surface area contributed by atoms with Gasteiger partial charge in [0.05, 0.1) is 6.42 Å². The van der Waals surface area contributed by atoms with E-state index >= 15 is 0 Å². The van der Waals surface area contributed by atoms with Crippen LogP contribution in [0.3, 0.4) is 0 Å². The summed E-state index contributed by atoms with van der Waals surface area (Å²) < 4.78 is 11.0. The third-order valence-corrected chi connectivity index (χ3v) is 4.23. The molecule has 0 aromatic heterocycles. The summed E-state index contributed by atoms with van der Waals surface area (Å²) in [5.74, 6) is 0.0700. The molecule has 2 aromatic carbocycles. The summed E-state index contributed by atoms with van der Waals surface area (Å²) in [6, 6.07) is 12.0. The monoisotopic (exact) mass is 380 g/mol. The number of rotatable bonds is 3. The Morgan fingerprint density at radius 2 is 1.68 bits per heavy atom. The molecule has 0 radical (unpaired) electrons. The first-order chi connectivity index (χ1) is 12.0. The Balaban J connectivity index is 1.53. The van der Waals surface area contributed by atoms with Gasteiger partial charge in [-0.1, -0.05) is 41.4 Å². The zero-order valence-electron chi connectivity index (χ0n) is 12.9. The van der Waals surface area contributed by atoms with Crippen LogP contribution in [-0.2, 0) is 16.0 Å². The average Bonchev–Trinajstić information content (AvgIpc) is 2.62. The number of hydrogen-bond donors (Lipinski definition) is 2. The van der Waals surface area contributed by atoms with Gasteiger partial charge in [-0.3, -0.25) is 20.4 Å². The number of nitrogens with one attached hydrogen (secondary N) is 2. The van der Waals surface area contributed by atoms with Crippen LogP contribution in [-0.4, -0.2) is 24.5 Å². The first-order valence-corrected chi connectivity index (χ1v) is 8.20. The van der Waals surface area contributed by atoms with Crippen molar-refractivity contribution in [2.45, 2.75) is 12.5 Å². The van der Waals surface area contributed by atoms with Crippen LogP contribution >= 0.6 is 23.2 Å². The molecule has 0 spiro atoms. The predicted octanol–water partition coefficient (Wildman–Crippen LogP) is 2.52. The Labute approximate surface area is 154 Å². The number of benzene rings is 2. The van der Waals surface area contributed by atoms with Crippen LogP contribution in [0.5, 0.6) is 11.5 Å². The molecule has 2 N–H and O–H groups in total. The first kappa shape index (κ1) is 17.4. The van der Waals surface area contributed by atoms with Crippen LogP contribution < -0.4 is 20.3 Å². The average molecular weight is 381 g/mol. The van der Waals surface area contributed by atoms with Crippen molar-refractivity contribution in [1.82, 2.24) is 10.9 Å². The molecule has 0 bridgehead atoms. The molecule has 3 rings (SSSR count). The second-order valence-corrected chi connectivity index (χ2v) is 6.09. The van der Waals surface area contributed by atoms with E-state index in [0.717, 1.165) is 0 Å². The maximum Gasteiger partial charge on any atom is 0.283 e. The molecular weight excluding hydrogens is 367 g/mol. The highest BCUT2D eigenvalue weighted by molar-refractivity contribution is 6.36. The third kappa shape index (κ3) is 4.15. The molecular formula is C17H14Cl2N2O4. The van der Waals surface area contributed by atoms with E-state index in [0.29, 0.717) is 27.1 Å². The summed E-state index contributed by atoms with van der Waals surface area (Å²) in [4.78, 5) is 24.1. The molecule has 6 nitrogen and oxygen atoms in total. The van der Waals surface area contributed by atoms with Crippen molar-refractivity contribution in [3.8, 4) is 11.5 Å². The summed E-state index contributed by atoms with van der Waals surface area (Å²) in [6.45, 7) is 0.0507. The third-order valence-electron chi connectivity index (χ3n) is 3.53. The minimum atomic E-state index is -0.862. The molecule has 0 saturated heterocycles. The summed E-state index contributed by atoms with van der Waals surface area (Å²) in [7, 11) is 0. The van der Waals surface area contributed by atoms with Crippen molar-refractivity contribution in [1.29, 1.82) is 0 Å². The minimum absolute atomic E-state index is 0.0507. The topological polar surface area (TPSA) is 76.7 Å². The number of hydrazine groups is 1. The number of carbonyl (C=O) groups excluding carboxylic acids is 2. The molecule has 2 aromatic rings. The van der Waals surface area contributed by atoms with Crippen molar-refractivity contribution < 1.29 is 19.1 Å². The van der Waals surface area contributed by atoms with E-state index in [-0.39, 0.29) is 13.0 Å². The van der Waals surface area contributed by atoms with Gasteiger partial charge in [0, 0.05) is 10.0 Å². The lowest BCUT2D eigenvalue weighted by Gasteiger charge is -2.25. The van der Waals surface area contributed by atoms with Crippen molar-refractivity contribution >= 4 is 35.0 Å². The summed E-state index contributed by atoms with van der Waals surface area (Å²) in [5, 5.41) is 0.768. The SMILES string of the molecule is O=C(Cc1c(Cl)cccc1Cl)NNC(=O)[C@@H]1COc2ccccc2O1. The highest BCUT2D eigenvalue weighted by Gasteiger charge is 2.27. The van der Waals surface area contributed by atoms with Crippen LogP contribution in [0.15, 0.2) is 42.5 Å². The molecule has 1 aliphatic heterocycles. The quantitative estimate of drug-likeness (QED) is 0.802. The van der Waals surface area contributed by atoms with Crippen molar-refractivity contribution in [2.24, 2.45) is 0 Å². The number of ether oxygens (including phenoxy) is 2. The van der Waals surface area contributed by atoms with Gasteiger partial charge in [0.25, 0.3) is 5.91 Å². The highest BCUT2D eigenvalue weighted by atomic mass is 35.5. The Kier molecular flexibility index (Phi) is 5.31. The smallest absolute Gasteiger partial charge is 0.283 e. The number of para-hydroxylation sites is 2. The lowest BCUT2D eigenvalue weighted by atomic mass is 10.1. The molecule has 0 fully saturated rings. The second kappa shape index (κ2) is 7.63. The number of amides is 2. The van der Waals surface area contributed by atoms with Crippen LogP contribution in [0.2, 0.25) is 10.0 Å². The number of halogens is 2. The summed E-state index contributed by atoms with van der Waals surface area (Å²) in [6.07, 6.45) is -0.928. The minimum Gasteiger partial charge on any atom is -0.485 e. The Hall–Kier alpha value is -2.44. The van der Waals surface area contributed by atoms with Crippen molar-refractivity contribution in [3.05, 3.63) is 58.1 Å². The largest absolute Gasteiger partial charge is 0.485 e. The fraction of sp³-hybridized carbons (Fsp3) is 0.176. The van der Waals surface area contributed by atoms with Gasteiger partial charge < -0.3 is 9.47 Å². The lowest BCUT2D eigenvalue weighted by Crippen LogP contribution is -2.51. The van der Waals surface area contributed by atoms with E-state index in [1.807, 2.05) is 6.07 Å². The Morgan fingerprint density at radius 1 is 1.00 bits per heavy atom. The molecule has 0 saturated carbocycles. The van der Waals surface area contributed by atoms with Crippen LogP contribution in [0, 0.1) is 0 Å². The summed E-state index contributed by atoms with van der Waals surface area (Å²) in [5.41, 5.74) is 5.12. The molecule has 8 heteroatoms. The Morgan fingerprint density at radius 3 is 2.40 bits per heavy atom. The van der Waals surface area contributed by atoms with E-state index < -0.39 is 17.9 Å². The fourth-order valence-electron chi connectivity index (χ4n) is 2.27. The lowest BCUT2D eigenvalue weighted by molar-refractivity contribution is -0.134. The van der Waals surface area contributed by atoms with Crippen molar-refractivity contribution in [3.63, 3.8) is 0 Å². The van der Waals surface area contributed by atoms with Gasteiger partial charge >= 0.3 is 0 Å². The molecule has 1 heterocycles. The van der Waals surface area contributed by atoms with E-state index in [2.05, 4.69) is 10.9 Å². The van der Waals surface area contributed by atoms with Gasteiger partial charge in [-0.25, -0.2) is 0 Å².